The first-order chi connectivity index (χ1) is 8.49. The molecule has 1 atom stereocenters. The van der Waals surface area contributed by atoms with Gasteiger partial charge in [0.2, 0.25) is 10.0 Å². The van der Waals surface area contributed by atoms with Crippen molar-refractivity contribution in [1.82, 2.24) is 10.0 Å². The van der Waals surface area contributed by atoms with Gasteiger partial charge in [0.15, 0.2) is 0 Å². The van der Waals surface area contributed by atoms with Crippen molar-refractivity contribution in [1.29, 1.82) is 0 Å². The number of piperidine rings is 1. The van der Waals surface area contributed by atoms with E-state index in [1.54, 1.807) is 6.92 Å². The second-order valence-electron chi connectivity index (χ2n) is 4.57. The van der Waals surface area contributed by atoms with Gasteiger partial charge in [-0.1, -0.05) is 0 Å². The molecule has 100 valence electrons. The van der Waals surface area contributed by atoms with Crippen LogP contribution in [0.3, 0.4) is 0 Å². The molecule has 2 rings (SSSR count). The van der Waals surface area contributed by atoms with Gasteiger partial charge in [-0.25, -0.2) is 17.5 Å². The average molecular weight is 272 g/mol. The molecule has 0 aliphatic carbocycles. The molecule has 4 nitrogen and oxygen atoms in total. The molecule has 1 aliphatic rings. The van der Waals surface area contributed by atoms with E-state index in [-0.39, 0.29) is 10.9 Å². The van der Waals surface area contributed by atoms with E-state index in [0.717, 1.165) is 19.4 Å². The lowest BCUT2D eigenvalue weighted by Gasteiger charge is -2.24. The van der Waals surface area contributed by atoms with Crippen LogP contribution in [0, 0.1) is 12.7 Å². The highest BCUT2D eigenvalue weighted by Crippen LogP contribution is 2.17. The van der Waals surface area contributed by atoms with Gasteiger partial charge >= 0.3 is 0 Å². The summed E-state index contributed by atoms with van der Waals surface area (Å²) in [4.78, 5) is 0.148. The smallest absolute Gasteiger partial charge is 0.241 e. The number of hydrogen-bond acceptors (Lipinski definition) is 3. The molecule has 0 amide bonds. The second kappa shape index (κ2) is 5.34. The Balaban J connectivity index is 2.19. The molecular weight excluding hydrogens is 255 g/mol. The van der Waals surface area contributed by atoms with E-state index in [2.05, 4.69) is 10.0 Å². The molecule has 1 heterocycles. The third-order valence-corrected chi connectivity index (χ3v) is 4.73. The Morgan fingerprint density at radius 2 is 2.22 bits per heavy atom. The highest BCUT2D eigenvalue weighted by Gasteiger charge is 2.23. The summed E-state index contributed by atoms with van der Waals surface area (Å²) < 4.78 is 40.0. The molecule has 0 spiro atoms. The van der Waals surface area contributed by atoms with E-state index in [4.69, 9.17) is 0 Å². The minimum absolute atomic E-state index is 0.0896. The lowest BCUT2D eigenvalue weighted by atomic mass is 10.1. The highest BCUT2D eigenvalue weighted by molar-refractivity contribution is 7.89. The Morgan fingerprint density at radius 1 is 1.44 bits per heavy atom. The molecule has 0 saturated carbocycles. The van der Waals surface area contributed by atoms with E-state index in [9.17, 15) is 12.8 Å². The fraction of sp³-hybridized carbons (Fsp3) is 0.500. The molecule has 0 aromatic heterocycles. The zero-order valence-corrected chi connectivity index (χ0v) is 11.1. The molecule has 1 aromatic carbocycles. The van der Waals surface area contributed by atoms with Crippen LogP contribution in [0.15, 0.2) is 23.1 Å². The topological polar surface area (TPSA) is 58.2 Å². The number of sulfonamides is 1. The lowest BCUT2D eigenvalue weighted by molar-refractivity contribution is 0.428. The molecule has 18 heavy (non-hydrogen) atoms. The number of hydrogen-bond donors (Lipinski definition) is 2. The molecule has 1 aliphatic heterocycles. The van der Waals surface area contributed by atoms with Gasteiger partial charge in [0.25, 0.3) is 0 Å². The van der Waals surface area contributed by atoms with Crippen molar-refractivity contribution in [2.75, 3.05) is 13.1 Å². The SMILES string of the molecule is Cc1cc(F)ccc1S(=O)(=O)N[C@@H]1CCCNC1. The highest BCUT2D eigenvalue weighted by atomic mass is 32.2. The minimum Gasteiger partial charge on any atom is -0.315 e. The Bertz CT molecular complexity index is 525. The summed E-state index contributed by atoms with van der Waals surface area (Å²) in [6.45, 7) is 3.16. The summed E-state index contributed by atoms with van der Waals surface area (Å²) in [5.74, 6) is -0.425. The van der Waals surface area contributed by atoms with Crippen LogP contribution in [0.4, 0.5) is 4.39 Å². The van der Waals surface area contributed by atoms with Crippen LogP contribution in [0.1, 0.15) is 18.4 Å². The first-order valence-corrected chi connectivity index (χ1v) is 7.46. The first kappa shape index (κ1) is 13.5. The summed E-state index contributed by atoms with van der Waals surface area (Å²) in [6, 6.07) is 3.62. The van der Waals surface area contributed by atoms with Gasteiger partial charge in [-0.2, -0.15) is 0 Å². The van der Waals surface area contributed by atoms with Crippen molar-refractivity contribution < 1.29 is 12.8 Å². The summed E-state index contributed by atoms with van der Waals surface area (Å²) in [7, 11) is -3.56. The maximum Gasteiger partial charge on any atom is 0.241 e. The lowest BCUT2D eigenvalue weighted by Crippen LogP contribution is -2.45. The van der Waals surface area contributed by atoms with Gasteiger partial charge in [-0.3, -0.25) is 0 Å². The van der Waals surface area contributed by atoms with E-state index >= 15 is 0 Å². The zero-order chi connectivity index (χ0) is 13.2. The standard InChI is InChI=1S/C12H17FN2O2S/c1-9-7-10(13)4-5-12(9)18(16,17)15-11-3-2-6-14-8-11/h4-5,7,11,14-15H,2-3,6,8H2,1H3/t11-/m1/s1. The predicted octanol–water partition coefficient (Wildman–Crippen LogP) is 1.16. The van der Waals surface area contributed by atoms with Gasteiger partial charge in [0.1, 0.15) is 5.82 Å². The second-order valence-corrected chi connectivity index (χ2v) is 6.26. The maximum absolute atomic E-state index is 13.0. The van der Waals surface area contributed by atoms with Crippen LogP contribution in [0.2, 0.25) is 0 Å². The van der Waals surface area contributed by atoms with Crippen LogP contribution >= 0.6 is 0 Å². The van der Waals surface area contributed by atoms with Crippen molar-refractivity contribution in [2.45, 2.75) is 30.7 Å². The van der Waals surface area contributed by atoms with Gasteiger partial charge in [-0.15, -0.1) is 0 Å². The van der Waals surface area contributed by atoms with Crippen LogP contribution in [0.5, 0.6) is 0 Å². The number of benzene rings is 1. The van der Waals surface area contributed by atoms with Crippen LogP contribution in [0.25, 0.3) is 0 Å². The van der Waals surface area contributed by atoms with Crippen molar-refractivity contribution >= 4 is 10.0 Å². The van der Waals surface area contributed by atoms with Crippen LogP contribution in [-0.4, -0.2) is 27.5 Å². The average Bonchev–Trinajstić information content (AvgIpc) is 2.29. The normalized spacial score (nSPS) is 20.9. The van der Waals surface area contributed by atoms with E-state index in [1.807, 2.05) is 0 Å². The van der Waals surface area contributed by atoms with Gasteiger partial charge in [-0.05, 0) is 50.1 Å². The van der Waals surface area contributed by atoms with Crippen molar-refractivity contribution in [3.05, 3.63) is 29.6 Å². The number of nitrogens with one attached hydrogen (secondary N) is 2. The van der Waals surface area contributed by atoms with Crippen LogP contribution < -0.4 is 10.0 Å². The Hall–Kier alpha value is -0.980. The monoisotopic (exact) mass is 272 g/mol. The van der Waals surface area contributed by atoms with E-state index in [1.165, 1.54) is 18.2 Å². The first-order valence-electron chi connectivity index (χ1n) is 5.98. The van der Waals surface area contributed by atoms with Crippen molar-refractivity contribution in [3.8, 4) is 0 Å². The summed E-state index contributed by atoms with van der Waals surface area (Å²) in [5, 5.41) is 3.15. The van der Waals surface area contributed by atoms with Crippen molar-refractivity contribution in [3.63, 3.8) is 0 Å². The molecule has 0 unspecified atom stereocenters. The Labute approximate surface area is 107 Å². The largest absolute Gasteiger partial charge is 0.315 e. The molecule has 1 aromatic rings. The summed E-state index contributed by atoms with van der Waals surface area (Å²) in [5.41, 5.74) is 0.422. The van der Waals surface area contributed by atoms with Crippen molar-refractivity contribution in [2.24, 2.45) is 0 Å². The number of rotatable bonds is 3. The molecule has 0 radical (unpaired) electrons. The molecule has 2 N–H and O–H groups in total. The third-order valence-electron chi connectivity index (χ3n) is 3.05. The van der Waals surface area contributed by atoms with Gasteiger partial charge < -0.3 is 5.32 Å². The number of aryl methyl sites for hydroxylation is 1. The molecular formula is C12H17FN2O2S. The predicted molar refractivity (Wildman–Crippen MR) is 67.4 cm³/mol. The number of halogens is 1. The third kappa shape index (κ3) is 3.07. The zero-order valence-electron chi connectivity index (χ0n) is 10.2. The molecule has 1 fully saturated rings. The quantitative estimate of drug-likeness (QED) is 0.868. The van der Waals surface area contributed by atoms with Gasteiger partial charge in [0, 0.05) is 12.6 Å². The Kier molecular flexibility index (Phi) is 3.99. The fourth-order valence-electron chi connectivity index (χ4n) is 2.15. The summed E-state index contributed by atoms with van der Waals surface area (Å²) in [6.07, 6.45) is 1.78. The molecule has 1 saturated heterocycles. The summed E-state index contributed by atoms with van der Waals surface area (Å²) >= 11 is 0. The molecule has 0 bridgehead atoms. The molecule has 6 heteroatoms. The Morgan fingerprint density at radius 3 is 2.83 bits per heavy atom. The van der Waals surface area contributed by atoms with E-state index in [0.29, 0.717) is 12.1 Å². The van der Waals surface area contributed by atoms with Crippen LogP contribution in [-0.2, 0) is 10.0 Å². The maximum atomic E-state index is 13.0. The van der Waals surface area contributed by atoms with Gasteiger partial charge in [0.05, 0.1) is 4.90 Å². The minimum atomic E-state index is -3.56. The van der Waals surface area contributed by atoms with E-state index < -0.39 is 15.8 Å². The fourth-order valence-corrected chi connectivity index (χ4v) is 3.65.